The van der Waals surface area contributed by atoms with Gasteiger partial charge in [-0.05, 0) is 79.5 Å². The first-order valence-electron chi connectivity index (χ1n) is 11.7. The minimum atomic E-state index is 0.0362. The average Bonchev–Trinajstić information content (AvgIpc) is 3.12. The van der Waals surface area contributed by atoms with Gasteiger partial charge in [-0.3, -0.25) is 10.2 Å². The fourth-order valence-corrected chi connectivity index (χ4v) is 7.68. The molecule has 1 amide bonds. The smallest absolute Gasteiger partial charge is 0.226 e. The van der Waals surface area contributed by atoms with Gasteiger partial charge in [0.15, 0.2) is 10.9 Å². The van der Waals surface area contributed by atoms with Crippen molar-refractivity contribution in [2.24, 2.45) is 23.2 Å². The van der Waals surface area contributed by atoms with E-state index in [-0.39, 0.29) is 11.3 Å². The minimum absolute atomic E-state index is 0.0362. The molecular formula is C24H31N5OS2. The van der Waals surface area contributed by atoms with Crippen LogP contribution in [-0.2, 0) is 17.0 Å². The second kappa shape index (κ2) is 9.14. The van der Waals surface area contributed by atoms with Gasteiger partial charge in [-0.2, -0.15) is 0 Å². The van der Waals surface area contributed by atoms with Gasteiger partial charge in [-0.15, -0.1) is 10.2 Å². The van der Waals surface area contributed by atoms with Crippen LogP contribution in [0.5, 0.6) is 0 Å². The van der Waals surface area contributed by atoms with Gasteiger partial charge in [-0.1, -0.05) is 49.0 Å². The molecule has 0 aliphatic heterocycles. The highest BCUT2D eigenvalue weighted by molar-refractivity contribution is 7.98. The maximum absolute atomic E-state index is 12.9. The summed E-state index contributed by atoms with van der Waals surface area (Å²) in [7, 11) is 0. The Morgan fingerprint density at radius 1 is 1.12 bits per heavy atom. The van der Waals surface area contributed by atoms with Gasteiger partial charge in [0.25, 0.3) is 0 Å². The third-order valence-corrected chi connectivity index (χ3v) is 8.59. The highest BCUT2D eigenvalue weighted by Gasteiger charge is 2.51. The van der Waals surface area contributed by atoms with E-state index in [1.807, 2.05) is 25.1 Å². The van der Waals surface area contributed by atoms with Crippen LogP contribution >= 0.6 is 24.0 Å². The quantitative estimate of drug-likeness (QED) is 0.453. The lowest BCUT2D eigenvalue weighted by molar-refractivity contribution is -0.127. The lowest BCUT2D eigenvalue weighted by Crippen LogP contribution is -2.49. The summed E-state index contributed by atoms with van der Waals surface area (Å²) in [4.78, 5) is 12.9. The van der Waals surface area contributed by atoms with Crippen LogP contribution in [0.3, 0.4) is 0 Å². The Morgan fingerprint density at radius 3 is 2.41 bits per heavy atom. The Labute approximate surface area is 199 Å². The molecule has 2 N–H and O–H groups in total. The van der Waals surface area contributed by atoms with Gasteiger partial charge in [0.05, 0.1) is 0 Å². The number of amides is 1. The van der Waals surface area contributed by atoms with Gasteiger partial charge < -0.3 is 5.32 Å². The number of benzene rings is 1. The van der Waals surface area contributed by atoms with Crippen LogP contribution in [0.25, 0.3) is 0 Å². The first-order chi connectivity index (χ1) is 15.5. The number of aromatic nitrogens is 3. The van der Waals surface area contributed by atoms with Gasteiger partial charge >= 0.3 is 0 Å². The number of carbonyl (C=O) groups excluding carboxylic acids is 1. The summed E-state index contributed by atoms with van der Waals surface area (Å²) in [5.41, 5.74) is 4.58. The number of hydrogen-bond acceptors (Lipinski definition) is 5. The number of aryl methyl sites for hydroxylation is 1. The fraction of sp³-hybridized carbons (Fsp3) is 0.583. The standard InChI is InChI=1S/C24H31N5OS2/c1-2-20-26-27-23(32-15-16-6-4-3-5-7-16)29(20)28-22(31)25-21(30)14-24-11-17-8-18(12-24)10-19(9-17)13-24/h3-7,17-19H,2,8-15H2,1H3,(H2,25,28,30,31). The Bertz CT molecular complexity index is 954. The average molecular weight is 470 g/mol. The van der Waals surface area contributed by atoms with Crippen molar-refractivity contribution in [2.45, 2.75) is 69.2 Å². The molecule has 6 nitrogen and oxygen atoms in total. The largest absolute Gasteiger partial charge is 0.302 e. The molecule has 4 bridgehead atoms. The van der Waals surface area contributed by atoms with Crippen LogP contribution in [-0.4, -0.2) is 25.9 Å². The first kappa shape index (κ1) is 21.9. The number of nitrogens with zero attached hydrogens (tertiary/aromatic N) is 3. The van der Waals surface area contributed by atoms with Crippen LogP contribution in [0.15, 0.2) is 35.5 Å². The molecule has 4 fully saturated rings. The van der Waals surface area contributed by atoms with E-state index in [1.54, 1.807) is 16.4 Å². The molecule has 32 heavy (non-hydrogen) atoms. The van der Waals surface area contributed by atoms with Crippen molar-refractivity contribution < 1.29 is 4.79 Å². The van der Waals surface area contributed by atoms with E-state index >= 15 is 0 Å². The number of thioether (sulfide) groups is 1. The normalized spacial score (nSPS) is 28.0. The molecule has 4 aliphatic carbocycles. The molecule has 2 aromatic rings. The summed E-state index contributed by atoms with van der Waals surface area (Å²) in [5.74, 6) is 4.13. The molecule has 8 heteroatoms. The molecule has 170 valence electrons. The van der Waals surface area contributed by atoms with E-state index in [2.05, 4.69) is 33.1 Å². The van der Waals surface area contributed by atoms with E-state index < -0.39 is 0 Å². The Hall–Kier alpha value is -1.93. The zero-order valence-corrected chi connectivity index (χ0v) is 20.2. The fourth-order valence-electron chi connectivity index (χ4n) is 6.60. The van der Waals surface area contributed by atoms with Crippen molar-refractivity contribution in [3.05, 3.63) is 41.7 Å². The van der Waals surface area contributed by atoms with E-state index in [1.165, 1.54) is 44.1 Å². The molecule has 0 atom stereocenters. The Morgan fingerprint density at radius 2 is 1.78 bits per heavy atom. The van der Waals surface area contributed by atoms with Crippen LogP contribution in [0, 0.1) is 23.2 Å². The maximum Gasteiger partial charge on any atom is 0.226 e. The van der Waals surface area contributed by atoms with E-state index in [4.69, 9.17) is 12.2 Å². The molecule has 4 aliphatic rings. The van der Waals surface area contributed by atoms with Crippen molar-refractivity contribution in [3.8, 4) is 0 Å². The second-order valence-corrected chi connectivity index (χ2v) is 11.3. The number of carbonyl (C=O) groups is 1. The highest BCUT2D eigenvalue weighted by atomic mass is 32.2. The number of rotatable bonds is 7. The molecule has 0 saturated heterocycles. The molecule has 0 spiro atoms. The zero-order valence-electron chi connectivity index (χ0n) is 18.5. The highest BCUT2D eigenvalue weighted by Crippen LogP contribution is 2.61. The van der Waals surface area contributed by atoms with Crippen molar-refractivity contribution in [2.75, 3.05) is 5.43 Å². The Kier molecular flexibility index (Phi) is 6.25. The molecule has 4 saturated carbocycles. The van der Waals surface area contributed by atoms with Crippen LogP contribution in [0.4, 0.5) is 0 Å². The number of thiocarbonyl (C=S) groups is 1. The van der Waals surface area contributed by atoms with Gasteiger partial charge in [0, 0.05) is 18.6 Å². The van der Waals surface area contributed by atoms with Crippen molar-refractivity contribution in [1.29, 1.82) is 0 Å². The van der Waals surface area contributed by atoms with E-state index in [0.717, 1.165) is 40.9 Å². The number of nitrogens with one attached hydrogen (secondary N) is 2. The molecule has 6 rings (SSSR count). The van der Waals surface area contributed by atoms with Crippen molar-refractivity contribution >= 4 is 35.0 Å². The van der Waals surface area contributed by atoms with Crippen LogP contribution in [0.2, 0.25) is 0 Å². The molecule has 1 aromatic heterocycles. The van der Waals surface area contributed by atoms with Crippen molar-refractivity contribution in [3.63, 3.8) is 0 Å². The second-order valence-electron chi connectivity index (χ2n) is 9.95. The summed E-state index contributed by atoms with van der Waals surface area (Å²) >= 11 is 7.10. The van der Waals surface area contributed by atoms with Crippen LogP contribution < -0.4 is 10.7 Å². The zero-order chi connectivity index (χ0) is 22.1. The predicted octanol–water partition coefficient (Wildman–Crippen LogP) is 4.68. The molecule has 1 aromatic carbocycles. The summed E-state index contributed by atoms with van der Waals surface area (Å²) in [6.07, 6.45) is 9.13. The lowest BCUT2D eigenvalue weighted by atomic mass is 9.49. The SMILES string of the molecule is CCc1nnc(SCc2ccccc2)n1NC(=S)NC(=O)CC12CC3CC(CC(C3)C1)C2. The minimum Gasteiger partial charge on any atom is -0.302 e. The molecule has 0 radical (unpaired) electrons. The maximum atomic E-state index is 12.9. The number of hydrogen-bond donors (Lipinski definition) is 2. The van der Waals surface area contributed by atoms with Crippen LogP contribution in [0.1, 0.15) is 63.3 Å². The van der Waals surface area contributed by atoms with E-state index in [9.17, 15) is 4.79 Å². The molecular weight excluding hydrogens is 438 g/mol. The topological polar surface area (TPSA) is 71.8 Å². The first-order valence-corrected chi connectivity index (χ1v) is 13.1. The Balaban J connectivity index is 1.19. The predicted molar refractivity (Wildman–Crippen MR) is 131 cm³/mol. The third-order valence-electron chi connectivity index (χ3n) is 7.39. The molecule has 1 heterocycles. The van der Waals surface area contributed by atoms with Gasteiger partial charge in [-0.25, -0.2) is 4.68 Å². The summed E-state index contributed by atoms with van der Waals surface area (Å²) in [6, 6.07) is 10.3. The summed E-state index contributed by atoms with van der Waals surface area (Å²) in [6.45, 7) is 2.03. The van der Waals surface area contributed by atoms with Crippen molar-refractivity contribution in [1.82, 2.24) is 20.2 Å². The lowest BCUT2D eigenvalue weighted by Gasteiger charge is -2.56. The third kappa shape index (κ3) is 4.71. The van der Waals surface area contributed by atoms with Gasteiger partial charge in [0.1, 0.15) is 0 Å². The monoisotopic (exact) mass is 469 g/mol. The molecule has 0 unspecified atom stereocenters. The summed E-state index contributed by atoms with van der Waals surface area (Å²) < 4.78 is 1.81. The van der Waals surface area contributed by atoms with Gasteiger partial charge in [0.2, 0.25) is 11.1 Å². The summed E-state index contributed by atoms with van der Waals surface area (Å²) in [5, 5.41) is 12.6. The van der Waals surface area contributed by atoms with E-state index in [0.29, 0.717) is 11.5 Å².